The predicted molar refractivity (Wildman–Crippen MR) is 75.4 cm³/mol. The van der Waals surface area contributed by atoms with Crippen molar-refractivity contribution in [3.63, 3.8) is 0 Å². The molecule has 0 saturated heterocycles. The van der Waals surface area contributed by atoms with E-state index in [1.807, 2.05) is 17.9 Å². The molecular formula is C12H16BrN3S. The number of hydrogen-bond donors (Lipinski definition) is 1. The van der Waals surface area contributed by atoms with Gasteiger partial charge in [0.15, 0.2) is 0 Å². The Morgan fingerprint density at radius 3 is 2.94 bits per heavy atom. The number of thiophene rings is 1. The van der Waals surface area contributed by atoms with Crippen LogP contribution in [0.3, 0.4) is 0 Å². The lowest BCUT2D eigenvalue weighted by Crippen LogP contribution is -2.22. The second-order valence-corrected chi connectivity index (χ2v) is 5.83. The van der Waals surface area contributed by atoms with Gasteiger partial charge in [-0.2, -0.15) is 5.10 Å². The summed E-state index contributed by atoms with van der Waals surface area (Å²) in [7, 11) is 1.95. The molecule has 0 aliphatic rings. The minimum Gasteiger partial charge on any atom is -0.304 e. The fourth-order valence-corrected chi connectivity index (χ4v) is 3.24. The van der Waals surface area contributed by atoms with Crippen LogP contribution in [-0.4, -0.2) is 16.3 Å². The quantitative estimate of drug-likeness (QED) is 0.917. The first-order chi connectivity index (χ1) is 8.20. The molecule has 0 aliphatic heterocycles. The molecule has 2 heterocycles. The normalized spacial score (nSPS) is 12.9. The average Bonchev–Trinajstić information content (AvgIpc) is 2.89. The van der Waals surface area contributed by atoms with Crippen molar-refractivity contribution in [2.45, 2.75) is 19.4 Å². The van der Waals surface area contributed by atoms with Gasteiger partial charge in [-0.15, -0.1) is 11.3 Å². The molecule has 1 N–H and O–H groups in total. The molecule has 17 heavy (non-hydrogen) atoms. The molecule has 0 aliphatic carbocycles. The van der Waals surface area contributed by atoms with Gasteiger partial charge < -0.3 is 5.32 Å². The van der Waals surface area contributed by atoms with Crippen LogP contribution in [0.1, 0.15) is 30.0 Å². The molecule has 0 bridgehead atoms. The number of rotatable bonds is 5. The molecule has 1 atom stereocenters. The first kappa shape index (κ1) is 12.8. The fourth-order valence-electron chi connectivity index (χ4n) is 1.71. The van der Waals surface area contributed by atoms with Crippen molar-refractivity contribution in [1.29, 1.82) is 0 Å². The summed E-state index contributed by atoms with van der Waals surface area (Å²) < 4.78 is 2.98. The van der Waals surface area contributed by atoms with Crippen LogP contribution < -0.4 is 5.32 Å². The largest absolute Gasteiger partial charge is 0.304 e. The first-order valence-corrected chi connectivity index (χ1v) is 7.35. The number of nitrogens with zero attached hydrogens (tertiary/aromatic N) is 2. The second kappa shape index (κ2) is 5.80. The Bertz CT molecular complexity index is 437. The Kier molecular flexibility index (Phi) is 4.36. The van der Waals surface area contributed by atoms with E-state index in [0.29, 0.717) is 0 Å². The maximum atomic E-state index is 4.50. The van der Waals surface area contributed by atoms with Crippen LogP contribution >= 0.6 is 27.3 Å². The molecule has 0 amide bonds. The lowest BCUT2D eigenvalue weighted by atomic mass is 10.1. The van der Waals surface area contributed by atoms with Gasteiger partial charge in [0, 0.05) is 28.0 Å². The Morgan fingerprint density at radius 2 is 2.41 bits per heavy atom. The van der Waals surface area contributed by atoms with E-state index >= 15 is 0 Å². The van der Waals surface area contributed by atoms with Crippen LogP contribution in [0.2, 0.25) is 0 Å². The Morgan fingerprint density at radius 1 is 1.59 bits per heavy atom. The zero-order valence-corrected chi connectivity index (χ0v) is 12.4. The van der Waals surface area contributed by atoms with E-state index in [0.717, 1.165) is 23.1 Å². The van der Waals surface area contributed by atoms with Gasteiger partial charge in [-0.05, 0) is 41.0 Å². The van der Waals surface area contributed by atoms with Crippen LogP contribution in [0.5, 0.6) is 0 Å². The smallest absolute Gasteiger partial charge is 0.0864 e. The van der Waals surface area contributed by atoms with E-state index in [4.69, 9.17) is 0 Å². The van der Waals surface area contributed by atoms with Crippen LogP contribution in [0.4, 0.5) is 0 Å². The van der Waals surface area contributed by atoms with Crippen molar-refractivity contribution in [3.05, 3.63) is 38.8 Å². The van der Waals surface area contributed by atoms with Gasteiger partial charge in [0.25, 0.3) is 0 Å². The number of aryl methyl sites for hydroxylation is 1. The topological polar surface area (TPSA) is 29.9 Å². The second-order valence-electron chi connectivity index (χ2n) is 3.97. The van der Waals surface area contributed by atoms with Crippen molar-refractivity contribution in [2.75, 3.05) is 6.54 Å². The highest BCUT2D eigenvalue weighted by Gasteiger charge is 2.17. The van der Waals surface area contributed by atoms with Crippen LogP contribution in [0, 0.1) is 0 Å². The summed E-state index contributed by atoms with van der Waals surface area (Å²) in [5.74, 6) is 0. The zero-order chi connectivity index (χ0) is 12.3. The summed E-state index contributed by atoms with van der Waals surface area (Å²) in [4.78, 5) is 1.30. The molecule has 0 aromatic carbocycles. The summed E-state index contributed by atoms with van der Waals surface area (Å²) in [5, 5.41) is 10.1. The molecule has 3 nitrogen and oxygen atoms in total. The van der Waals surface area contributed by atoms with Gasteiger partial charge in [-0.1, -0.05) is 6.92 Å². The molecule has 2 aromatic heterocycles. The molecule has 0 radical (unpaired) electrons. The fraction of sp³-hybridized carbons (Fsp3) is 0.417. The van der Waals surface area contributed by atoms with Crippen molar-refractivity contribution in [2.24, 2.45) is 7.05 Å². The van der Waals surface area contributed by atoms with E-state index in [2.05, 4.69) is 50.8 Å². The third-order valence-electron chi connectivity index (χ3n) is 2.50. The summed E-state index contributed by atoms with van der Waals surface area (Å²) >= 11 is 5.26. The monoisotopic (exact) mass is 313 g/mol. The van der Waals surface area contributed by atoms with Crippen LogP contribution in [0.25, 0.3) is 0 Å². The third-order valence-corrected chi connectivity index (χ3v) is 4.26. The zero-order valence-electron chi connectivity index (χ0n) is 9.98. The number of halogens is 1. The Balaban J connectivity index is 2.24. The van der Waals surface area contributed by atoms with Gasteiger partial charge in [0.1, 0.15) is 0 Å². The standard InChI is InChI=1S/C12H16BrN3S/c1-3-5-14-12(10-4-6-16(2)15-10)11-7-9(13)8-17-11/h4,6-8,12,14H,3,5H2,1-2H3. The van der Waals surface area contributed by atoms with E-state index in [1.165, 1.54) is 4.88 Å². The minimum absolute atomic E-state index is 0.201. The lowest BCUT2D eigenvalue weighted by Gasteiger charge is -2.14. The van der Waals surface area contributed by atoms with Crippen molar-refractivity contribution in [1.82, 2.24) is 15.1 Å². The highest BCUT2D eigenvalue weighted by atomic mass is 79.9. The predicted octanol–water partition coefficient (Wildman–Crippen LogP) is 3.33. The SMILES string of the molecule is CCCNC(c1ccn(C)n1)c1cc(Br)cs1. The molecule has 0 spiro atoms. The minimum atomic E-state index is 0.201. The third kappa shape index (κ3) is 3.18. The lowest BCUT2D eigenvalue weighted by molar-refractivity contribution is 0.582. The highest BCUT2D eigenvalue weighted by Crippen LogP contribution is 2.29. The summed E-state index contributed by atoms with van der Waals surface area (Å²) in [6.07, 6.45) is 3.11. The van der Waals surface area contributed by atoms with Crippen LogP contribution in [-0.2, 0) is 7.05 Å². The number of hydrogen-bond acceptors (Lipinski definition) is 3. The Hall–Kier alpha value is -0.650. The van der Waals surface area contributed by atoms with E-state index < -0.39 is 0 Å². The maximum absolute atomic E-state index is 4.50. The van der Waals surface area contributed by atoms with Gasteiger partial charge in [-0.25, -0.2) is 0 Å². The number of aromatic nitrogens is 2. The first-order valence-electron chi connectivity index (χ1n) is 5.67. The molecule has 92 valence electrons. The molecule has 5 heteroatoms. The van der Waals surface area contributed by atoms with Gasteiger partial charge in [0.2, 0.25) is 0 Å². The summed E-state index contributed by atoms with van der Waals surface area (Å²) in [5.41, 5.74) is 1.08. The van der Waals surface area contributed by atoms with Gasteiger partial charge in [-0.3, -0.25) is 4.68 Å². The molecule has 2 rings (SSSR count). The van der Waals surface area contributed by atoms with E-state index in [-0.39, 0.29) is 6.04 Å². The van der Waals surface area contributed by atoms with E-state index in [1.54, 1.807) is 11.3 Å². The highest BCUT2D eigenvalue weighted by molar-refractivity contribution is 9.10. The maximum Gasteiger partial charge on any atom is 0.0864 e. The van der Waals surface area contributed by atoms with Gasteiger partial charge >= 0.3 is 0 Å². The Labute approximate surface area is 114 Å². The molecular weight excluding hydrogens is 298 g/mol. The summed E-state index contributed by atoms with van der Waals surface area (Å²) in [6, 6.07) is 4.43. The van der Waals surface area contributed by atoms with Gasteiger partial charge in [0.05, 0.1) is 11.7 Å². The van der Waals surface area contributed by atoms with E-state index in [9.17, 15) is 0 Å². The summed E-state index contributed by atoms with van der Waals surface area (Å²) in [6.45, 7) is 3.17. The van der Waals surface area contributed by atoms with Crippen LogP contribution in [0.15, 0.2) is 28.2 Å². The molecule has 0 saturated carbocycles. The average molecular weight is 314 g/mol. The number of nitrogens with one attached hydrogen (secondary N) is 1. The molecule has 0 fully saturated rings. The van der Waals surface area contributed by atoms with Crippen molar-refractivity contribution < 1.29 is 0 Å². The molecule has 1 unspecified atom stereocenters. The molecule has 2 aromatic rings. The van der Waals surface area contributed by atoms with Crippen molar-refractivity contribution in [3.8, 4) is 0 Å². The van der Waals surface area contributed by atoms with Crippen molar-refractivity contribution >= 4 is 27.3 Å².